The molecular formula is C22H17Cl2NO3S. The topological polar surface area (TPSA) is 55.4 Å². The fourth-order valence-electron chi connectivity index (χ4n) is 2.53. The molecule has 1 aromatic heterocycles. The molecule has 2 aromatic carbocycles. The van der Waals surface area contributed by atoms with Crippen LogP contribution in [0.3, 0.4) is 0 Å². The van der Waals surface area contributed by atoms with Crippen LogP contribution in [0.5, 0.6) is 0 Å². The van der Waals surface area contributed by atoms with Crippen LogP contribution in [0, 0.1) is 0 Å². The third-order valence-corrected chi connectivity index (χ3v) is 5.73. The number of anilines is 1. The van der Waals surface area contributed by atoms with Crippen LogP contribution in [0.4, 0.5) is 5.00 Å². The van der Waals surface area contributed by atoms with Gasteiger partial charge in [0.15, 0.2) is 0 Å². The molecule has 1 amide bonds. The number of ether oxygens (including phenoxy) is 1. The van der Waals surface area contributed by atoms with Crippen LogP contribution >= 0.6 is 34.5 Å². The maximum Gasteiger partial charge on any atom is 0.341 e. The van der Waals surface area contributed by atoms with Crippen LogP contribution in [0.1, 0.15) is 22.8 Å². The summed E-state index contributed by atoms with van der Waals surface area (Å²) in [6, 6.07) is 16.4. The average molecular weight is 446 g/mol. The van der Waals surface area contributed by atoms with Crippen LogP contribution in [-0.4, -0.2) is 18.5 Å². The molecule has 7 heteroatoms. The normalized spacial score (nSPS) is 10.9. The zero-order valence-corrected chi connectivity index (χ0v) is 17.8. The molecule has 1 heterocycles. The van der Waals surface area contributed by atoms with E-state index in [4.69, 9.17) is 27.9 Å². The van der Waals surface area contributed by atoms with E-state index < -0.39 is 5.97 Å². The third kappa shape index (κ3) is 5.48. The lowest BCUT2D eigenvalue weighted by Gasteiger charge is -2.04. The first-order valence-electron chi connectivity index (χ1n) is 8.78. The van der Waals surface area contributed by atoms with Crippen LogP contribution in [0.2, 0.25) is 10.0 Å². The Bertz CT molecular complexity index is 1060. The van der Waals surface area contributed by atoms with Crippen LogP contribution in [0.15, 0.2) is 60.7 Å². The molecule has 3 rings (SSSR count). The van der Waals surface area contributed by atoms with Crippen molar-refractivity contribution in [3.8, 4) is 10.4 Å². The molecule has 29 heavy (non-hydrogen) atoms. The predicted octanol–water partition coefficient (Wildman–Crippen LogP) is 6.55. The van der Waals surface area contributed by atoms with Gasteiger partial charge in [-0.15, -0.1) is 11.3 Å². The smallest absolute Gasteiger partial charge is 0.341 e. The molecule has 3 aromatic rings. The monoisotopic (exact) mass is 445 g/mol. The molecule has 0 radical (unpaired) electrons. The van der Waals surface area contributed by atoms with E-state index in [1.165, 1.54) is 17.4 Å². The lowest BCUT2D eigenvalue weighted by atomic mass is 10.1. The number of esters is 1. The largest absolute Gasteiger partial charge is 0.462 e. The highest BCUT2D eigenvalue weighted by atomic mass is 35.5. The van der Waals surface area contributed by atoms with E-state index in [0.29, 0.717) is 20.6 Å². The van der Waals surface area contributed by atoms with Gasteiger partial charge in [0.1, 0.15) is 5.00 Å². The van der Waals surface area contributed by atoms with E-state index in [9.17, 15) is 9.59 Å². The first-order valence-corrected chi connectivity index (χ1v) is 10.4. The van der Waals surface area contributed by atoms with Crippen molar-refractivity contribution in [1.82, 2.24) is 0 Å². The molecular weight excluding hydrogens is 429 g/mol. The fraction of sp³-hybridized carbons (Fsp3) is 0.0909. The quantitative estimate of drug-likeness (QED) is 0.345. The molecule has 1 N–H and O–H groups in total. The second-order valence-electron chi connectivity index (χ2n) is 5.94. The van der Waals surface area contributed by atoms with E-state index in [0.717, 1.165) is 16.0 Å². The Hall–Kier alpha value is -2.60. The molecule has 0 aliphatic carbocycles. The van der Waals surface area contributed by atoms with Gasteiger partial charge < -0.3 is 10.1 Å². The maximum atomic E-state index is 12.4. The summed E-state index contributed by atoms with van der Waals surface area (Å²) < 4.78 is 5.12. The van der Waals surface area contributed by atoms with Crippen LogP contribution < -0.4 is 5.32 Å². The van der Waals surface area contributed by atoms with Crippen LogP contribution in [-0.2, 0) is 9.53 Å². The van der Waals surface area contributed by atoms with E-state index in [1.807, 2.05) is 30.3 Å². The summed E-state index contributed by atoms with van der Waals surface area (Å²) in [6.07, 6.45) is 2.99. The summed E-state index contributed by atoms with van der Waals surface area (Å²) >= 11 is 13.2. The molecule has 0 saturated heterocycles. The van der Waals surface area contributed by atoms with Gasteiger partial charge >= 0.3 is 5.97 Å². The summed E-state index contributed by atoms with van der Waals surface area (Å²) in [5.74, 6) is -0.849. The summed E-state index contributed by atoms with van der Waals surface area (Å²) in [7, 11) is 0. The highest BCUT2D eigenvalue weighted by Gasteiger charge is 2.19. The summed E-state index contributed by atoms with van der Waals surface area (Å²) in [4.78, 5) is 25.6. The van der Waals surface area contributed by atoms with Gasteiger partial charge in [0.25, 0.3) is 0 Å². The van der Waals surface area contributed by atoms with E-state index in [1.54, 1.807) is 37.3 Å². The number of thiophene rings is 1. The number of halogens is 2. The summed E-state index contributed by atoms with van der Waals surface area (Å²) in [5, 5.41) is 4.06. The van der Waals surface area contributed by atoms with Crippen molar-refractivity contribution in [2.45, 2.75) is 6.92 Å². The first kappa shape index (κ1) is 21.1. The molecule has 0 unspecified atom stereocenters. The van der Waals surface area contributed by atoms with Gasteiger partial charge in [-0.25, -0.2) is 4.79 Å². The molecule has 4 nitrogen and oxygen atoms in total. The lowest BCUT2D eigenvalue weighted by Crippen LogP contribution is -2.11. The van der Waals surface area contributed by atoms with Gasteiger partial charge in [-0.1, -0.05) is 59.6 Å². The Labute approximate surface area is 182 Å². The van der Waals surface area contributed by atoms with Crippen molar-refractivity contribution >= 4 is 57.5 Å². The fourth-order valence-corrected chi connectivity index (χ4v) is 3.89. The van der Waals surface area contributed by atoms with Crippen molar-refractivity contribution in [3.63, 3.8) is 0 Å². The first-order chi connectivity index (χ1) is 14.0. The number of carbonyl (C=O) groups excluding carboxylic acids is 2. The van der Waals surface area contributed by atoms with E-state index in [2.05, 4.69) is 5.32 Å². The number of rotatable bonds is 6. The van der Waals surface area contributed by atoms with Crippen LogP contribution in [0.25, 0.3) is 16.5 Å². The minimum Gasteiger partial charge on any atom is -0.462 e. The standard InChI is InChI=1S/C22H17Cl2NO3S/c1-2-28-22(27)16-13-19(15-6-4-3-5-7-15)29-21(16)25-20(26)11-9-14-8-10-17(23)18(24)12-14/h3-13H,2H2,1H3,(H,25,26). The number of benzene rings is 2. The number of hydrogen-bond acceptors (Lipinski definition) is 4. The van der Waals surface area contributed by atoms with Crippen molar-refractivity contribution in [1.29, 1.82) is 0 Å². The maximum absolute atomic E-state index is 12.4. The van der Waals surface area contributed by atoms with Crippen molar-refractivity contribution in [3.05, 3.63) is 81.8 Å². The predicted molar refractivity (Wildman–Crippen MR) is 120 cm³/mol. The highest BCUT2D eigenvalue weighted by Crippen LogP contribution is 2.36. The minimum atomic E-state index is -0.477. The minimum absolute atomic E-state index is 0.250. The second-order valence-corrected chi connectivity index (χ2v) is 7.80. The van der Waals surface area contributed by atoms with E-state index >= 15 is 0 Å². The van der Waals surface area contributed by atoms with Gasteiger partial charge in [0.2, 0.25) is 5.91 Å². The van der Waals surface area contributed by atoms with Crippen molar-refractivity contribution in [2.24, 2.45) is 0 Å². The van der Waals surface area contributed by atoms with E-state index in [-0.39, 0.29) is 12.5 Å². The SMILES string of the molecule is CCOC(=O)c1cc(-c2ccccc2)sc1NC(=O)C=Cc1ccc(Cl)c(Cl)c1. The third-order valence-electron chi connectivity index (χ3n) is 3.89. The second kappa shape index (κ2) is 9.74. The Kier molecular flexibility index (Phi) is 7.09. The summed E-state index contributed by atoms with van der Waals surface area (Å²) in [5.41, 5.74) is 2.01. The number of amides is 1. The molecule has 0 aliphatic rings. The Morgan fingerprint density at radius 3 is 2.52 bits per heavy atom. The zero-order valence-electron chi connectivity index (χ0n) is 15.4. The molecule has 0 atom stereocenters. The van der Waals surface area contributed by atoms with Gasteiger partial charge in [-0.05, 0) is 42.3 Å². The lowest BCUT2D eigenvalue weighted by molar-refractivity contribution is -0.111. The van der Waals surface area contributed by atoms with Gasteiger partial charge in [-0.2, -0.15) is 0 Å². The molecule has 0 saturated carbocycles. The Balaban J connectivity index is 1.83. The highest BCUT2D eigenvalue weighted by molar-refractivity contribution is 7.20. The zero-order chi connectivity index (χ0) is 20.8. The molecule has 148 valence electrons. The van der Waals surface area contributed by atoms with Crippen molar-refractivity contribution < 1.29 is 14.3 Å². The Morgan fingerprint density at radius 2 is 1.83 bits per heavy atom. The van der Waals surface area contributed by atoms with Gasteiger partial charge in [0.05, 0.1) is 22.2 Å². The van der Waals surface area contributed by atoms with Crippen molar-refractivity contribution in [2.75, 3.05) is 11.9 Å². The molecule has 0 bridgehead atoms. The number of hydrogen-bond donors (Lipinski definition) is 1. The van der Waals surface area contributed by atoms with Gasteiger partial charge in [0, 0.05) is 11.0 Å². The molecule has 0 fully saturated rings. The summed E-state index contributed by atoms with van der Waals surface area (Å²) in [6.45, 7) is 1.99. The molecule has 0 aliphatic heterocycles. The molecule has 0 spiro atoms. The average Bonchev–Trinajstić information content (AvgIpc) is 3.13. The van der Waals surface area contributed by atoms with Gasteiger partial charge in [-0.3, -0.25) is 4.79 Å². The number of nitrogens with one attached hydrogen (secondary N) is 1. The Morgan fingerprint density at radius 1 is 1.07 bits per heavy atom. The number of carbonyl (C=O) groups is 2.